The summed E-state index contributed by atoms with van der Waals surface area (Å²) in [5, 5.41) is 8.67. The predicted octanol–water partition coefficient (Wildman–Crippen LogP) is 1.58. The van der Waals surface area contributed by atoms with Gasteiger partial charge in [0.15, 0.2) is 0 Å². The van der Waals surface area contributed by atoms with Crippen molar-refractivity contribution in [3.05, 3.63) is 0 Å². The van der Waals surface area contributed by atoms with E-state index in [0.717, 1.165) is 31.6 Å². The summed E-state index contributed by atoms with van der Waals surface area (Å²) in [6, 6.07) is 0. The highest BCUT2D eigenvalue weighted by molar-refractivity contribution is 5.10. The van der Waals surface area contributed by atoms with E-state index >= 15 is 0 Å². The largest absolute Gasteiger partial charge is 0.394 e. The summed E-state index contributed by atoms with van der Waals surface area (Å²) >= 11 is 0. The maximum absolute atomic E-state index is 8.67. The minimum Gasteiger partial charge on any atom is -0.394 e. The Bertz CT molecular complexity index is 179. The van der Waals surface area contributed by atoms with Crippen LogP contribution in [0.5, 0.6) is 0 Å². The summed E-state index contributed by atoms with van der Waals surface area (Å²) in [7, 11) is 0. The van der Waals surface area contributed by atoms with Gasteiger partial charge in [0.05, 0.1) is 13.2 Å². The lowest BCUT2D eigenvalue weighted by Crippen LogP contribution is -2.36. The predicted molar refractivity (Wildman–Crippen MR) is 52.2 cm³/mol. The normalized spacial score (nSPS) is 34.1. The lowest BCUT2D eigenvalue weighted by Gasteiger charge is -2.34. The number of hydrogen-bond acceptors (Lipinski definition) is 2. The van der Waals surface area contributed by atoms with Crippen molar-refractivity contribution in [2.75, 3.05) is 13.2 Å². The van der Waals surface area contributed by atoms with Crippen LogP contribution in [0.15, 0.2) is 0 Å². The lowest BCUT2D eigenvalue weighted by molar-refractivity contribution is -0.0462. The van der Waals surface area contributed by atoms with Gasteiger partial charge in [0, 0.05) is 0 Å². The molecule has 1 aliphatic rings. The van der Waals surface area contributed by atoms with E-state index in [0.29, 0.717) is 6.61 Å². The Morgan fingerprint density at radius 1 is 1.54 bits per heavy atom. The fourth-order valence-corrected chi connectivity index (χ4v) is 1.80. The third-order valence-corrected chi connectivity index (χ3v) is 2.81. The highest BCUT2D eigenvalue weighted by atomic mass is 16.5. The van der Waals surface area contributed by atoms with Crippen molar-refractivity contribution < 1.29 is 9.84 Å². The number of aliphatic hydroxyl groups excluding tert-OH is 1. The first-order chi connectivity index (χ1) is 6.22. The van der Waals surface area contributed by atoms with Crippen LogP contribution in [0.25, 0.3) is 0 Å². The van der Waals surface area contributed by atoms with Gasteiger partial charge in [0.25, 0.3) is 0 Å². The van der Waals surface area contributed by atoms with Crippen molar-refractivity contribution in [1.82, 2.24) is 0 Å². The molecule has 0 spiro atoms. The molecule has 0 atom stereocenters. The van der Waals surface area contributed by atoms with Crippen molar-refractivity contribution in [3.63, 3.8) is 0 Å². The molecule has 1 N–H and O–H groups in total. The highest BCUT2D eigenvalue weighted by Crippen LogP contribution is 2.33. The minimum atomic E-state index is -0.380. The first-order valence-electron chi connectivity index (χ1n) is 4.95. The molecule has 0 heterocycles. The van der Waals surface area contributed by atoms with E-state index in [1.807, 2.05) is 0 Å². The van der Waals surface area contributed by atoms with E-state index < -0.39 is 0 Å². The number of aliphatic hydroxyl groups is 1. The Hall–Kier alpha value is -0.520. The molecule has 0 saturated heterocycles. The van der Waals surface area contributed by atoms with Crippen LogP contribution in [-0.4, -0.2) is 23.9 Å². The molecule has 74 valence electrons. The summed E-state index contributed by atoms with van der Waals surface area (Å²) in [5.74, 6) is 3.50. The van der Waals surface area contributed by atoms with Gasteiger partial charge in [-0.25, -0.2) is 0 Å². The van der Waals surface area contributed by atoms with E-state index in [9.17, 15) is 0 Å². The van der Waals surface area contributed by atoms with E-state index in [4.69, 9.17) is 16.3 Å². The minimum absolute atomic E-state index is 0.0545. The second kappa shape index (κ2) is 4.64. The zero-order valence-electron chi connectivity index (χ0n) is 8.25. The number of terminal acetylenes is 1. The molecule has 2 heteroatoms. The molecule has 0 radical (unpaired) electrons. The summed E-state index contributed by atoms with van der Waals surface area (Å²) in [6.07, 6.45) is 9.61. The SMILES string of the molecule is C#CC1(OCCO)CCC(C)CC1. The van der Waals surface area contributed by atoms with Gasteiger partial charge in [-0.15, -0.1) is 6.42 Å². The molecule has 2 nitrogen and oxygen atoms in total. The standard InChI is InChI=1S/C11H18O2/c1-3-11(13-9-8-12)6-4-10(2)5-7-11/h1,10,12H,4-9H2,2H3. The highest BCUT2D eigenvalue weighted by Gasteiger charge is 2.32. The third-order valence-electron chi connectivity index (χ3n) is 2.81. The van der Waals surface area contributed by atoms with Crippen molar-refractivity contribution in [1.29, 1.82) is 0 Å². The fraction of sp³-hybridized carbons (Fsp3) is 0.818. The summed E-state index contributed by atoms with van der Waals surface area (Å²) < 4.78 is 5.53. The van der Waals surface area contributed by atoms with Crippen LogP contribution in [0, 0.1) is 18.3 Å². The van der Waals surface area contributed by atoms with Crippen LogP contribution in [-0.2, 0) is 4.74 Å². The molecule has 1 saturated carbocycles. The van der Waals surface area contributed by atoms with Crippen LogP contribution in [0.1, 0.15) is 32.6 Å². The average Bonchev–Trinajstić information content (AvgIpc) is 2.18. The molecule has 0 aromatic heterocycles. The topological polar surface area (TPSA) is 29.5 Å². The Kier molecular flexibility index (Phi) is 3.77. The smallest absolute Gasteiger partial charge is 0.128 e. The molecule has 1 aliphatic carbocycles. The number of rotatable bonds is 3. The van der Waals surface area contributed by atoms with Crippen molar-refractivity contribution in [2.24, 2.45) is 5.92 Å². The maximum atomic E-state index is 8.67. The van der Waals surface area contributed by atoms with E-state index in [-0.39, 0.29) is 12.2 Å². The summed E-state index contributed by atoms with van der Waals surface area (Å²) in [5.41, 5.74) is -0.380. The lowest BCUT2D eigenvalue weighted by atomic mass is 9.80. The van der Waals surface area contributed by atoms with Crippen LogP contribution in [0.2, 0.25) is 0 Å². The molecular formula is C11H18O2. The Labute approximate surface area is 80.3 Å². The van der Waals surface area contributed by atoms with Gasteiger partial charge in [-0.3, -0.25) is 0 Å². The number of hydrogen-bond donors (Lipinski definition) is 1. The van der Waals surface area contributed by atoms with Crippen LogP contribution < -0.4 is 0 Å². The second-order valence-corrected chi connectivity index (χ2v) is 3.89. The van der Waals surface area contributed by atoms with Gasteiger partial charge >= 0.3 is 0 Å². The average molecular weight is 182 g/mol. The molecule has 0 aromatic carbocycles. The summed E-state index contributed by atoms with van der Waals surface area (Å²) in [4.78, 5) is 0. The Balaban J connectivity index is 2.46. The van der Waals surface area contributed by atoms with E-state index in [1.165, 1.54) is 0 Å². The van der Waals surface area contributed by atoms with Crippen molar-refractivity contribution in [2.45, 2.75) is 38.2 Å². The molecule has 13 heavy (non-hydrogen) atoms. The molecule has 0 aliphatic heterocycles. The van der Waals surface area contributed by atoms with Gasteiger partial charge in [-0.2, -0.15) is 0 Å². The van der Waals surface area contributed by atoms with Gasteiger partial charge in [-0.05, 0) is 31.6 Å². The molecule has 0 amide bonds. The van der Waals surface area contributed by atoms with Crippen LogP contribution in [0.3, 0.4) is 0 Å². The molecule has 1 rings (SSSR count). The van der Waals surface area contributed by atoms with Gasteiger partial charge in [0.2, 0.25) is 0 Å². The van der Waals surface area contributed by atoms with Crippen molar-refractivity contribution in [3.8, 4) is 12.3 Å². The zero-order valence-corrected chi connectivity index (χ0v) is 8.25. The fourth-order valence-electron chi connectivity index (χ4n) is 1.80. The quantitative estimate of drug-likeness (QED) is 0.671. The van der Waals surface area contributed by atoms with Crippen LogP contribution >= 0.6 is 0 Å². The first kappa shape index (κ1) is 10.6. The Morgan fingerprint density at radius 2 is 2.15 bits per heavy atom. The molecule has 0 bridgehead atoms. The monoisotopic (exact) mass is 182 g/mol. The van der Waals surface area contributed by atoms with E-state index in [1.54, 1.807) is 0 Å². The number of ether oxygens (including phenoxy) is 1. The molecule has 1 fully saturated rings. The van der Waals surface area contributed by atoms with E-state index in [2.05, 4.69) is 12.8 Å². The van der Waals surface area contributed by atoms with Gasteiger partial charge in [0.1, 0.15) is 5.60 Å². The van der Waals surface area contributed by atoms with Crippen molar-refractivity contribution >= 4 is 0 Å². The van der Waals surface area contributed by atoms with Crippen LogP contribution in [0.4, 0.5) is 0 Å². The third kappa shape index (κ3) is 2.72. The first-order valence-corrected chi connectivity index (χ1v) is 4.95. The molecule has 0 aromatic rings. The Morgan fingerprint density at radius 3 is 2.62 bits per heavy atom. The van der Waals surface area contributed by atoms with Gasteiger partial charge < -0.3 is 9.84 Å². The zero-order chi connectivity index (χ0) is 9.73. The summed E-state index contributed by atoms with van der Waals surface area (Å²) in [6.45, 7) is 2.66. The second-order valence-electron chi connectivity index (χ2n) is 3.89. The van der Waals surface area contributed by atoms with Gasteiger partial charge in [-0.1, -0.05) is 12.8 Å². The molecule has 0 unspecified atom stereocenters. The molecular weight excluding hydrogens is 164 g/mol. The maximum Gasteiger partial charge on any atom is 0.128 e.